The second kappa shape index (κ2) is 4.07. The van der Waals surface area contributed by atoms with E-state index in [2.05, 4.69) is 0 Å². The van der Waals surface area contributed by atoms with Crippen molar-refractivity contribution in [2.24, 2.45) is 5.73 Å². The number of halogens is 1. The molecular weight excluding hydrogens is 157 g/mol. The molecule has 0 saturated carbocycles. The lowest BCUT2D eigenvalue weighted by atomic mass is 10.1. The number of hydrogen-bond donors (Lipinski definition) is 1. The molecule has 2 N–H and O–H groups in total. The highest BCUT2D eigenvalue weighted by molar-refractivity contribution is 5.35. The van der Waals surface area contributed by atoms with E-state index in [1.165, 1.54) is 7.11 Å². The number of alkyl halides is 1. The summed E-state index contributed by atoms with van der Waals surface area (Å²) in [7, 11) is 1.52. The first-order chi connectivity index (χ1) is 5.79. The number of hydrogen-bond acceptors (Lipinski definition) is 2. The van der Waals surface area contributed by atoms with Gasteiger partial charge in [0.05, 0.1) is 7.11 Å². The van der Waals surface area contributed by atoms with Gasteiger partial charge in [-0.25, -0.2) is 4.39 Å². The lowest BCUT2D eigenvalue weighted by Gasteiger charge is -2.09. The van der Waals surface area contributed by atoms with Crippen LogP contribution in [0.3, 0.4) is 0 Å². The first kappa shape index (κ1) is 9.00. The molecule has 1 aromatic carbocycles. The van der Waals surface area contributed by atoms with E-state index < -0.39 is 6.17 Å². The molecular formula is C9H12FNO. The van der Waals surface area contributed by atoms with Crippen molar-refractivity contribution in [1.29, 1.82) is 0 Å². The Labute approximate surface area is 71.1 Å². The minimum atomic E-state index is -1.14. The summed E-state index contributed by atoms with van der Waals surface area (Å²) in [4.78, 5) is 0. The molecule has 0 amide bonds. The van der Waals surface area contributed by atoms with Gasteiger partial charge in [-0.3, -0.25) is 0 Å². The van der Waals surface area contributed by atoms with E-state index in [1.807, 2.05) is 0 Å². The topological polar surface area (TPSA) is 35.2 Å². The third-order valence-corrected chi connectivity index (χ3v) is 1.68. The SMILES string of the molecule is COc1ccccc1C(F)CN. The van der Waals surface area contributed by atoms with Crippen molar-refractivity contribution in [3.05, 3.63) is 29.8 Å². The van der Waals surface area contributed by atoms with E-state index in [-0.39, 0.29) is 6.54 Å². The number of ether oxygens (including phenoxy) is 1. The van der Waals surface area contributed by atoms with E-state index in [0.717, 1.165) is 0 Å². The van der Waals surface area contributed by atoms with E-state index in [4.69, 9.17) is 10.5 Å². The van der Waals surface area contributed by atoms with Crippen molar-refractivity contribution in [1.82, 2.24) is 0 Å². The Morgan fingerprint density at radius 3 is 2.75 bits per heavy atom. The molecule has 2 nitrogen and oxygen atoms in total. The molecule has 1 aromatic rings. The van der Waals surface area contributed by atoms with E-state index in [1.54, 1.807) is 24.3 Å². The fourth-order valence-electron chi connectivity index (χ4n) is 1.05. The Morgan fingerprint density at radius 1 is 1.50 bits per heavy atom. The summed E-state index contributed by atoms with van der Waals surface area (Å²) in [5.74, 6) is 0.551. The molecule has 66 valence electrons. The second-order valence-electron chi connectivity index (χ2n) is 2.45. The lowest BCUT2D eigenvalue weighted by molar-refractivity contribution is 0.331. The minimum absolute atomic E-state index is 0.0135. The minimum Gasteiger partial charge on any atom is -0.496 e. The van der Waals surface area contributed by atoms with Crippen LogP contribution in [0.5, 0.6) is 5.75 Å². The smallest absolute Gasteiger partial charge is 0.141 e. The molecule has 0 aliphatic rings. The normalized spacial score (nSPS) is 12.6. The third-order valence-electron chi connectivity index (χ3n) is 1.68. The first-order valence-corrected chi connectivity index (χ1v) is 3.76. The molecule has 1 rings (SSSR count). The molecule has 1 unspecified atom stereocenters. The zero-order valence-electron chi connectivity index (χ0n) is 6.96. The monoisotopic (exact) mass is 169 g/mol. The summed E-state index contributed by atoms with van der Waals surface area (Å²) in [6, 6.07) is 6.96. The molecule has 0 spiro atoms. The molecule has 0 bridgehead atoms. The molecule has 0 aromatic heterocycles. The van der Waals surface area contributed by atoms with Gasteiger partial charge in [-0.15, -0.1) is 0 Å². The summed E-state index contributed by atoms with van der Waals surface area (Å²) in [5.41, 5.74) is 5.71. The van der Waals surface area contributed by atoms with Crippen LogP contribution in [0, 0.1) is 0 Å². The van der Waals surface area contributed by atoms with Crippen molar-refractivity contribution >= 4 is 0 Å². The van der Waals surface area contributed by atoms with Gasteiger partial charge in [-0.05, 0) is 6.07 Å². The molecule has 12 heavy (non-hydrogen) atoms. The maximum Gasteiger partial charge on any atom is 0.141 e. The molecule has 0 radical (unpaired) electrons. The first-order valence-electron chi connectivity index (χ1n) is 3.76. The van der Waals surface area contributed by atoms with Crippen molar-refractivity contribution in [2.75, 3.05) is 13.7 Å². The summed E-state index contributed by atoms with van der Waals surface area (Å²) in [5, 5.41) is 0. The van der Waals surface area contributed by atoms with Crippen molar-refractivity contribution in [3.8, 4) is 5.75 Å². The Kier molecular flexibility index (Phi) is 3.05. The highest BCUT2D eigenvalue weighted by Crippen LogP contribution is 2.26. The summed E-state index contributed by atoms with van der Waals surface area (Å²) in [6.45, 7) is -0.0135. The Bertz CT molecular complexity index is 252. The van der Waals surface area contributed by atoms with Gasteiger partial charge in [0.2, 0.25) is 0 Å². The zero-order valence-corrected chi connectivity index (χ0v) is 6.96. The predicted molar refractivity (Wildman–Crippen MR) is 45.9 cm³/mol. The quantitative estimate of drug-likeness (QED) is 0.746. The highest BCUT2D eigenvalue weighted by Gasteiger charge is 2.11. The summed E-state index contributed by atoms with van der Waals surface area (Å²) in [6.07, 6.45) is -1.14. The van der Waals surface area contributed by atoms with Crippen LogP contribution in [0.25, 0.3) is 0 Å². The fourth-order valence-corrected chi connectivity index (χ4v) is 1.05. The van der Waals surface area contributed by atoms with Crippen molar-refractivity contribution in [3.63, 3.8) is 0 Å². The Hall–Kier alpha value is -1.09. The van der Waals surface area contributed by atoms with Crippen LogP contribution in [0.1, 0.15) is 11.7 Å². The second-order valence-corrected chi connectivity index (χ2v) is 2.45. The third kappa shape index (κ3) is 1.74. The van der Waals surface area contributed by atoms with E-state index >= 15 is 0 Å². The summed E-state index contributed by atoms with van der Waals surface area (Å²) >= 11 is 0. The number of rotatable bonds is 3. The molecule has 0 saturated heterocycles. The van der Waals surface area contributed by atoms with Crippen LogP contribution in [-0.4, -0.2) is 13.7 Å². The molecule has 0 fully saturated rings. The van der Waals surface area contributed by atoms with Gasteiger partial charge in [0.25, 0.3) is 0 Å². The van der Waals surface area contributed by atoms with Gasteiger partial charge in [0.1, 0.15) is 11.9 Å². The molecule has 3 heteroatoms. The van der Waals surface area contributed by atoms with Crippen molar-refractivity contribution < 1.29 is 9.13 Å². The van der Waals surface area contributed by atoms with Crippen LogP contribution in [-0.2, 0) is 0 Å². The maximum atomic E-state index is 13.1. The Morgan fingerprint density at radius 2 is 2.17 bits per heavy atom. The van der Waals surface area contributed by atoms with Gasteiger partial charge < -0.3 is 10.5 Å². The number of methoxy groups -OCH3 is 1. The largest absolute Gasteiger partial charge is 0.496 e. The van der Waals surface area contributed by atoms with Gasteiger partial charge in [-0.2, -0.15) is 0 Å². The lowest BCUT2D eigenvalue weighted by Crippen LogP contribution is -2.08. The Balaban J connectivity index is 2.96. The number of benzene rings is 1. The molecule has 1 atom stereocenters. The zero-order chi connectivity index (χ0) is 8.97. The van der Waals surface area contributed by atoms with Crippen LogP contribution in [0.4, 0.5) is 4.39 Å². The molecule has 0 aliphatic heterocycles. The van der Waals surface area contributed by atoms with Crippen LogP contribution in [0.15, 0.2) is 24.3 Å². The molecule has 0 heterocycles. The summed E-state index contributed by atoms with van der Waals surface area (Å²) < 4.78 is 18.1. The molecule has 0 aliphatic carbocycles. The van der Waals surface area contributed by atoms with Crippen LogP contribution >= 0.6 is 0 Å². The van der Waals surface area contributed by atoms with Crippen LogP contribution in [0.2, 0.25) is 0 Å². The fraction of sp³-hybridized carbons (Fsp3) is 0.333. The standard InChI is InChI=1S/C9H12FNO/c1-12-9-5-3-2-4-7(9)8(10)6-11/h2-5,8H,6,11H2,1H3. The maximum absolute atomic E-state index is 13.1. The van der Waals surface area contributed by atoms with E-state index in [9.17, 15) is 4.39 Å². The van der Waals surface area contributed by atoms with Gasteiger partial charge >= 0.3 is 0 Å². The van der Waals surface area contributed by atoms with Crippen molar-refractivity contribution in [2.45, 2.75) is 6.17 Å². The van der Waals surface area contributed by atoms with Crippen LogP contribution < -0.4 is 10.5 Å². The van der Waals surface area contributed by atoms with Gasteiger partial charge in [0, 0.05) is 12.1 Å². The number of nitrogens with two attached hydrogens (primary N) is 1. The van der Waals surface area contributed by atoms with E-state index in [0.29, 0.717) is 11.3 Å². The number of para-hydroxylation sites is 1. The predicted octanol–water partition coefficient (Wildman–Crippen LogP) is 1.66. The highest BCUT2D eigenvalue weighted by atomic mass is 19.1. The average Bonchev–Trinajstić information content (AvgIpc) is 2.16. The van der Waals surface area contributed by atoms with Gasteiger partial charge in [0.15, 0.2) is 0 Å². The average molecular weight is 169 g/mol. The van der Waals surface area contributed by atoms with Gasteiger partial charge in [-0.1, -0.05) is 18.2 Å².